The summed E-state index contributed by atoms with van der Waals surface area (Å²) in [5.41, 5.74) is 5.51. The molecule has 0 bridgehead atoms. The van der Waals surface area contributed by atoms with Crippen LogP contribution in [0.15, 0.2) is 0 Å². The molecule has 2 saturated heterocycles. The van der Waals surface area contributed by atoms with Gasteiger partial charge >= 0.3 is 0 Å². The fourth-order valence-corrected chi connectivity index (χ4v) is 3.09. The van der Waals surface area contributed by atoms with E-state index >= 15 is 0 Å². The summed E-state index contributed by atoms with van der Waals surface area (Å²) in [4.78, 5) is 19.0. The third-order valence-electron chi connectivity index (χ3n) is 4.46. The van der Waals surface area contributed by atoms with Crippen LogP contribution in [0.2, 0.25) is 0 Å². The van der Waals surface area contributed by atoms with Gasteiger partial charge in [-0.05, 0) is 38.8 Å². The Morgan fingerprint density at radius 1 is 0.850 bits per heavy atom. The van der Waals surface area contributed by atoms with Gasteiger partial charge < -0.3 is 15.5 Å². The molecule has 0 radical (unpaired) electrons. The molecule has 5 heteroatoms. The van der Waals surface area contributed by atoms with E-state index in [1.165, 1.54) is 32.2 Å². The number of hydrogen-bond acceptors (Lipinski definition) is 4. The quantitative estimate of drug-likeness (QED) is 0.685. The topological polar surface area (TPSA) is 52.8 Å². The maximum atomic E-state index is 12.1. The highest BCUT2D eigenvalue weighted by Crippen LogP contribution is 2.09. The molecule has 116 valence electrons. The van der Waals surface area contributed by atoms with E-state index in [0.717, 1.165) is 52.2 Å². The van der Waals surface area contributed by atoms with Crippen LogP contribution in [0.4, 0.5) is 0 Å². The van der Waals surface area contributed by atoms with E-state index < -0.39 is 0 Å². The second-order valence-corrected chi connectivity index (χ2v) is 6.06. The van der Waals surface area contributed by atoms with Crippen molar-refractivity contribution < 1.29 is 4.79 Å². The third-order valence-corrected chi connectivity index (χ3v) is 4.46. The first-order valence-electron chi connectivity index (χ1n) is 8.22. The number of amides is 1. The van der Waals surface area contributed by atoms with E-state index in [0.29, 0.717) is 12.5 Å². The van der Waals surface area contributed by atoms with Crippen LogP contribution < -0.4 is 5.73 Å². The fourth-order valence-electron chi connectivity index (χ4n) is 3.09. The maximum Gasteiger partial charge on any atom is 0.236 e. The molecule has 2 aliphatic rings. The predicted molar refractivity (Wildman–Crippen MR) is 81.6 cm³/mol. The third kappa shape index (κ3) is 5.04. The van der Waals surface area contributed by atoms with Crippen LogP contribution >= 0.6 is 0 Å². The summed E-state index contributed by atoms with van der Waals surface area (Å²) in [6.45, 7) is 8.86. The van der Waals surface area contributed by atoms with E-state index in [-0.39, 0.29) is 0 Å². The number of carbonyl (C=O) groups excluding carboxylic acids is 1. The molecule has 20 heavy (non-hydrogen) atoms. The molecule has 2 N–H and O–H groups in total. The lowest BCUT2D eigenvalue weighted by molar-refractivity contribution is -0.131. The van der Waals surface area contributed by atoms with E-state index in [2.05, 4.69) is 9.80 Å². The number of carbonyl (C=O) groups is 1. The highest BCUT2D eigenvalue weighted by Gasteiger charge is 2.23. The largest absolute Gasteiger partial charge is 0.342 e. The van der Waals surface area contributed by atoms with Gasteiger partial charge in [0.2, 0.25) is 5.91 Å². The van der Waals surface area contributed by atoms with Gasteiger partial charge in [0.1, 0.15) is 0 Å². The first-order valence-corrected chi connectivity index (χ1v) is 8.22. The Kier molecular flexibility index (Phi) is 6.76. The van der Waals surface area contributed by atoms with Crippen LogP contribution in [-0.4, -0.2) is 79.5 Å². The Morgan fingerprint density at radius 2 is 1.50 bits per heavy atom. The molecule has 0 atom stereocenters. The lowest BCUT2D eigenvalue weighted by Crippen LogP contribution is -2.49. The number of nitrogens with zero attached hydrogens (tertiary/aromatic N) is 3. The van der Waals surface area contributed by atoms with E-state index in [1.54, 1.807) is 0 Å². The molecule has 0 saturated carbocycles. The van der Waals surface area contributed by atoms with E-state index in [4.69, 9.17) is 5.73 Å². The van der Waals surface area contributed by atoms with Gasteiger partial charge in [-0.15, -0.1) is 0 Å². The molecule has 0 aromatic carbocycles. The van der Waals surface area contributed by atoms with E-state index in [9.17, 15) is 4.79 Å². The molecule has 0 unspecified atom stereocenters. The summed E-state index contributed by atoms with van der Waals surface area (Å²) in [5.74, 6) is 0.332. The average molecular weight is 282 g/mol. The lowest BCUT2D eigenvalue weighted by atomic mass is 10.2. The Bertz CT molecular complexity index is 284. The summed E-state index contributed by atoms with van der Waals surface area (Å²) in [6, 6.07) is 0. The lowest BCUT2D eigenvalue weighted by Gasteiger charge is -2.35. The second-order valence-electron chi connectivity index (χ2n) is 6.06. The van der Waals surface area contributed by atoms with Gasteiger partial charge in [-0.1, -0.05) is 6.42 Å². The average Bonchev–Trinajstić information content (AvgIpc) is 3.00. The molecule has 0 aromatic heterocycles. The SMILES string of the molecule is NCCCCCN1CCN(CC(=O)N2CCCC2)CC1. The van der Waals surface area contributed by atoms with Crippen LogP contribution in [0.5, 0.6) is 0 Å². The first kappa shape index (κ1) is 15.7. The van der Waals surface area contributed by atoms with Gasteiger partial charge in [0.15, 0.2) is 0 Å². The van der Waals surface area contributed by atoms with Gasteiger partial charge in [0.05, 0.1) is 6.54 Å². The van der Waals surface area contributed by atoms with Crippen molar-refractivity contribution in [3.63, 3.8) is 0 Å². The molecule has 1 amide bonds. The number of unbranched alkanes of at least 4 members (excludes halogenated alkanes) is 2. The Labute approximate surface area is 123 Å². The predicted octanol–water partition coefficient (Wildman–Crippen LogP) is 0.355. The molecule has 2 heterocycles. The minimum Gasteiger partial charge on any atom is -0.342 e. The first-order chi connectivity index (χ1) is 9.79. The standard InChI is InChI=1S/C15H30N4O/c16-6-2-1-3-7-17-10-12-18(13-11-17)14-15(20)19-8-4-5-9-19/h1-14,16H2. The molecular weight excluding hydrogens is 252 g/mol. The zero-order valence-electron chi connectivity index (χ0n) is 12.7. The molecule has 0 spiro atoms. The Balaban J connectivity index is 1.58. The van der Waals surface area contributed by atoms with Crippen molar-refractivity contribution in [2.45, 2.75) is 32.1 Å². The summed E-state index contributed by atoms with van der Waals surface area (Å²) in [6.07, 6.45) is 6.00. The maximum absolute atomic E-state index is 12.1. The summed E-state index contributed by atoms with van der Waals surface area (Å²) >= 11 is 0. The molecule has 2 aliphatic heterocycles. The van der Waals surface area contributed by atoms with Gasteiger partial charge in [-0.2, -0.15) is 0 Å². The minimum absolute atomic E-state index is 0.332. The summed E-state index contributed by atoms with van der Waals surface area (Å²) in [5, 5.41) is 0. The fraction of sp³-hybridized carbons (Fsp3) is 0.933. The molecule has 0 aromatic rings. The van der Waals surface area contributed by atoms with Crippen molar-refractivity contribution >= 4 is 5.91 Å². The normalized spacial score (nSPS) is 21.6. The minimum atomic E-state index is 0.332. The number of likely N-dealkylation sites (tertiary alicyclic amines) is 1. The Hall–Kier alpha value is -0.650. The van der Waals surface area contributed by atoms with Gasteiger partial charge in [-0.3, -0.25) is 9.69 Å². The monoisotopic (exact) mass is 282 g/mol. The Morgan fingerprint density at radius 3 is 2.15 bits per heavy atom. The zero-order valence-corrected chi connectivity index (χ0v) is 12.7. The van der Waals surface area contributed by atoms with Crippen LogP contribution in [-0.2, 0) is 4.79 Å². The highest BCUT2D eigenvalue weighted by molar-refractivity contribution is 5.78. The number of hydrogen-bond donors (Lipinski definition) is 1. The number of piperazine rings is 1. The highest BCUT2D eigenvalue weighted by atomic mass is 16.2. The van der Waals surface area contributed by atoms with Gasteiger partial charge in [-0.25, -0.2) is 0 Å². The van der Waals surface area contributed by atoms with Crippen molar-refractivity contribution in [2.24, 2.45) is 5.73 Å². The van der Waals surface area contributed by atoms with E-state index in [1.807, 2.05) is 4.90 Å². The molecule has 2 rings (SSSR count). The molecule has 0 aliphatic carbocycles. The zero-order chi connectivity index (χ0) is 14.2. The van der Waals surface area contributed by atoms with Crippen LogP contribution in [0.1, 0.15) is 32.1 Å². The van der Waals surface area contributed by atoms with Gasteiger partial charge in [0.25, 0.3) is 0 Å². The van der Waals surface area contributed by atoms with Crippen molar-refractivity contribution in [3.05, 3.63) is 0 Å². The van der Waals surface area contributed by atoms with Crippen molar-refractivity contribution in [1.29, 1.82) is 0 Å². The van der Waals surface area contributed by atoms with Crippen molar-refractivity contribution in [1.82, 2.24) is 14.7 Å². The number of rotatable bonds is 7. The second kappa shape index (κ2) is 8.60. The summed E-state index contributed by atoms with van der Waals surface area (Å²) in [7, 11) is 0. The van der Waals surface area contributed by atoms with Crippen LogP contribution in [0.25, 0.3) is 0 Å². The van der Waals surface area contributed by atoms with Crippen LogP contribution in [0.3, 0.4) is 0 Å². The number of nitrogens with two attached hydrogens (primary N) is 1. The van der Waals surface area contributed by atoms with Gasteiger partial charge in [0, 0.05) is 39.3 Å². The summed E-state index contributed by atoms with van der Waals surface area (Å²) < 4.78 is 0. The van der Waals surface area contributed by atoms with Crippen molar-refractivity contribution in [2.75, 3.05) is 58.9 Å². The van der Waals surface area contributed by atoms with Crippen LogP contribution in [0, 0.1) is 0 Å². The molecule has 2 fully saturated rings. The molecular formula is C15H30N4O. The smallest absolute Gasteiger partial charge is 0.236 e. The molecule has 5 nitrogen and oxygen atoms in total. The van der Waals surface area contributed by atoms with Crippen molar-refractivity contribution in [3.8, 4) is 0 Å².